The van der Waals surface area contributed by atoms with E-state index in [4.69, 9.17) is 4.74 Å². The smallest absolute Gasteiger partial charge is 0.410 e. The Morgan fingerprint density at radius 3 is 2.71 bits per heavy atom. The number of hydrogen-bond acceptors (Lipinski definition) is 2. The maximum absolute atomic E-state index is 11.6. The van der Waals surface area contributed by atoms with Crippen molar-refractivity contribution in [2.75, 3.05) is 13.1 Å². The van der Waals surface area contributed by atoms with E-state index in [0.29, 0.717) is 6.54 Å². The molecule has 1 rings (SSSR count). The van der Waals surface area contributed by atoms with Gasteiger partial charge in [0, 0.05) is 13.1 Å². The molecule has 0 aromatic rings. The Hall–Kier alpha value is -0.990. The average Bonchev–Trinajstić information content (AvgIpc) is 2.19. The SMILES string of the molecule is CCC(C)(C)OC(=O)N1CC=CCC1. The monoisotopic (exact) mass is 197 g/mol. The molecule has 0 atom stereocenters. The van der Waals surface area contributed by atoms with Crippen LogP contribution in [0.3, 0.4) is 0 Å². The van der Waals surface area contributed by atoms with Crippen LogP contribution in [0.15, 0.2) is 12.2 Å². The minimum atomic E-state index is -0.349. The fourth-order valence-corrected chi connectivity index (χ4v) is 1.18. The predicted molar refractivity (Wildman–Crippen MR) is 56.2 cm³/mol. The Labute approximate surface area is 85.7 Å². The zero-order valence-corrected chi connectivity index (χ0v) is 9.25. The standard InChI is InChI=1S/C11H19NO2/c1-4-11(2,3)14-10(13)12-8-6-5-7-9-12/h5-6H,4,7-9H2,1-3H3. The van der Waals surface area contributed by atoms with Gasteiger partial charge in [0.2, 0.25) is 0 Å². The van der Waals surface area contributed by atoms with Crippen LogP contribution in [0.4, 0.5) is 4.79 Å². The van der Waals surface area contributed by atoms with Crippen molar-refractivity contribution in [1.29, 1.82) is 0 Å². The van der Waals surface area contributed by atoms with Crippen molar-refractivity contribution in [2.24, 2.45) is 0 Å². The van der Waals surface area contributed by atoms with Crippen molar-refractivity contribution in [3.63, 3.8) is 0 Å². The summed E-state index contributed by atoms with van der Waals surface area (Å²) in [6, 6.07) is 0. The molecule has 1 heterocycles. The number of hydrogen-bond donors (Lipinski definition) is 0. The van der Waals surface area contributed by atoms with E-state index in [1.54, 1.807) is 4.90 Å². The van der Waals surface area contributed by atoms with E-state index in [1.807, 2.05) is 26.8 Å². The molecule has 1 aliphatic heterocycles. The molecule has 0 aliphatic carbocycles. The highest BCUT2D eigenvalue weighted by atomic mass is 16.6. The maximum atomic E-state index is 11.6. The van der Waals surface area contributed by atoms with Gasteiger partial charge < -0.3 is 9.64 Å². The van der Waals surface area contributed by atoms with Gasteiger partial charge in [-0.3, -0.25) is 0 Å². The van der Waals surface area contributed by atoms with E-state index >= 15 is 0 Å². The second-order valence-electron chi connectivity index (χ2n) is 4.19. The highest BCUT2D eigenvalue weighted by Crippen LogP contribution is 2.16. The first-order valence-electron chi connectivity index (χ1n) is 5.18. The Bertz CT molecular complexity index is 233. The topological polar surface area (TPSA) is 29.5 Å². The van der Waals surface area contributed by atoms with Crippen molar-refractivity contribution < 1.29 is 9.53 Å². The van der Waals surface area contributed by atoms with Crippen molar-refractivity contribution in [2.45, 2.75) is 39.2 Å². The largest absolute Gasteiger partial charge is 0.443 e. The van der Waals surface area contributed by atoms with Gasteiger partial charge in [-0.1, -0.05) is 19.1 Å². The highest BCUT2D eigenvalue weighted by molar-refractivity contribution is 5.68. The predicted octanol–water partition coefficient (Wildman–Crippen LogP) is 2.57. The van der Waals surface area contributed by atoms with Gasteiger partial charge in [0.25, 0.3) is 0 Å². The molecule has 0 radical (unpaired) electrons. The summed E-state index contributed by atoms with van der Waals surface area (Å²) in [5.41, 5.74) is -0.349. The molecule has 0 aromatic heterocycles. The highest BCUT2D eigenvalue weighted by Gasteiger charge is 2.24. The second-order valence-corrected chi connectivity index (χ2v) is 4.19. The molecule has 0 fully saturated rings. The molecule has 0 spiro atoms. The van der Waals surface area contributed by atoms with Gasteiger partial charge in [-0.25, -0.2) is 4.79 Å². The van der Waals surface area contributed by atoms with Crippen molar-refractivity contribution in [3.05, 3.63) is 12.2 Å². The molecule has 0 saturated carbocycles. The fourth-order valence-electron chi connectivity index (χ4n) is 1.18. The van der Waals surface area contributed by atoms with Crippen LogP contribution in [0.2, 0.25) is 0 Å². The molecule has 1 aliphatic rings. The molecule has 80 valence electrons. The molecule has 3 heteroatoms. The Kier molecular flexibility index (Phi) is 3.55. The van der Waals surface area contributed by atoms with Crippen LogP contribution in [0.1, 0.15) is 33.6 Å². The average molecular weight is 197 g/mol. The van der Waals surface area contributed by atoms with Gasteiger partial charge in [0.1, 0.15) is 5.60 Å². The maximum Gasteiger partial charge on any atom is 0.410 e. The van der Waals surface area contributed by atoms with Gasteiger partial charge in [0.05, 0.1) is 0 Å². The van der Waals surface area contributed by atoms with E-state index in [1.165, 1.54) is 0 Å². The lowest BCUT2D eigenvalue weighted by Crippen LogP contribution is -2.39. The molecule has 0 saturated heterocycles. The second kappa shape index (κ2) is 4.49. The zero-order chi connectivity index (χ0) is 10.6. The van der Waals surface area contributed by atoms with Crippen molar-refractivity contribution in [3.8, 4) is 0 Å². The summed E-state index contributed by atoms with van der Waals surface area (Å²) in [6.07, 6.45) is 5.67. The number of rotatable bonds is 2. The molecular formula is C11H19NO2. The number of ether oxygens (including phenoxy) is 1. The summed E-state index contributed by atoms with van der Waals surface area (Å²) in [6.45, 7) is 7.34. The Morgan fingerprint density at radius 2 is 2.21 bits per heavy atom. The molecule has 1 amide bonds. The number of amides is 1. The minimum Gasteiger partial charge on any atom is -0.443 e. The summed E-state index contributed by atoms with van der Waals surface area (Å²) in [5.74, 6) is 0. The molecule has 0 bridgehead atoms. The summed E-state index contributed by atoms with van der Waals surface area (Å²) >= 11 is 0. The number of carbonyl (C=O) groups is 1. The zero-order valence-electron chi connectivity index (χ0n) is 9.25. The van der Waals surface area contributed by atoms with Gasteiger partial charge in [0.15, 0.2) is 0 Å². The summed E-state index contributed by atoms with van der Waals surface area (Å²) in [5, 5.41) is 0. The van der Waals surface area contributed by atoms with Crippen LogP contribution in [0, 0.1) is 0 Å². The van der Waals surface area contributed by atoms with E-state index in [0.717, 1.165) is 19.4 Å². The normalized spacial score (nSPS) is 16.9. The first-order chi connectivity index (χ1) is 6.55. The quantitative estimate of drug-likeness (QED) is 0.637. The van der Waals surface area contributed by atoms with Gasteiger partial charge in [-0.2, -0.15) is 0 Å². The third-order valence-electron chi connectivity index (χ3n) is 2.53. The molecule has 0 unspecified atom stereocenters. The van der Waals surface area contributed by atoms with E-state index < -0.39 is 0 Å². The van der Waals surface area contributed by atoms with E-state index in [-0.39, 0.29) is 11.7 Å². The van der Waals surface area contributed by atoms with Crippen LogP contribution >= 0.6 is 0 Å². The summed E-state index contributed by atoms with van der Waals surface area (Å²) < 4.78 is 5.38. The summed E-state index contributed by atoms with van der Waals surface area (Å²) in [4.78, 5) is 13.4. The minimum absolute atomic E-state index is 0.193. The van der Waals surface area contributed by atoms with Gasteiger partial charge >= 0.3 is 6.09 Å². The molecular weight excluding hydrogens is 178 g/mol. The lowest BCUT2D eigenvalue weighted by atomic mass is 10.1. The molecule has 0 aromatic carbocycles. The van der Waals surface area contributed by atoms with Crippen molar-refractivity contribution >= 4 is 6.09 Å². The van der Waals surface area contributed by atoms with Crippen LogP contribution in [0.25, 0.3) is 0 Å². The van der Waals surface area contributed by atoms with Gasteiger partial charge in [-0.05, 0) is 26.7 Å². The molecule has 14 heavy (non-hydrogen) atoms. The molecule has 3 nitrogen and oxygen atoms in total. The van der Waals surface area contributed by atoms with E-state index in [2.05, 4.69) is 6.08 Å². The Balaban J connectivity index is 2.45. The van der Waals surface area contributed by atoms with Crippen LogP contribution < -0.4 is 0 Å². The third kappa shape index (κ3) is 3.05. The van der Waals surface area contributed by atoms with Gasteiger partial charge in [-0.15, -0.1) is 0 Å². The van der Waals surface area contributed by atoms with Crippen LogP contribution in [0.5, 0.6) is 0 Å². The van der Waals surface area contributed by atoms with Crippen LogP contribution in [-0.4, -0.2) is 29.7 Å². The third-order valence-corrected chi connectivity index (χ3v) is 2.53. The van der Waals surface area contributed by atoms with Crippen LogP contribution in [-0.2, 0) is 4.74 Å². The summed E-state index contributed by atoms with van der Waals surface area (Å²) in [7, 11) is 0. The number of nitrogens with zero attached hydrogens (tertiary/aromatic N) is 1. The molecule has 0 N–H and O–H groups in total. The van der Waals surface area contributed by atoms with Crippen molar-refractivity contribution in [1.82, 2.24) is 4.90 Å². The fraction of sp³-hybridized carbons (Fsp3) is 0.727. The number of carbonyl (C=O) groups excluding carboxylic acids is 1. The first kappa shape index (κ1) is 11.1. The lowest BCUT2D eigenvalue weighted by molar-refractivity contribution is 0.0130. The lowest BCUT2D eigenvalue weighted by Gasteiger charge is -2.29. The van der Waals surface area contributed by atoms with E-state index in [9.17, 15) is 4.79 Å². The first-order valence-corrected chi connectivity index (χ1v) is 5.18. The Morgan fingerprint density at radius 1 is 1.50 bits per heavy atom.